The summed E-state index contributed by atoms with van der Waals surface area (Å²) < 4.78 is 10.2. The summed E-state index contributed by atoms with van der Waals surface area (Å²) in [5.74, 6) is 1.39. The average Bonchev–Trinajstić information content (AvgIpc) is 2.48. The fourth-order valence-corrected chi connectivity index (χ4v) is 1.04. The van der Waals surface area contributed by atoms with Gasteiger partial charge in [0, 0.05) is 20.0 Å². The van der Waals surface area contributed by atoms with Gasteiger partial charge in [-0.15, -0.1) is 0 Å². The van der Waals surface area contributed by atoms with Crippen molar-refractivity contribution in [2.75, 3.05) is 13.7 Å². The molecule has 1 unspecified atom stereocenters. The van der Waals surface area contributed by atoms with Gasteiger partial charge in [0.15, 0.2) is 5.89 Å². The summed E-state index contributed by atoms with van der Waals surface area (Å²) in [6, 6.07) is 0. The molecule has 1 atom stereocenters. The molecule has 0 bridgehead atoms. The second kappa shape index (κ2) is 4.99. The highest BCUT2D eigenvalue weighted by Gasteiger charge is 2.05. The quantitative estimate of drug-likeness (QED) is 0.736. The third-order valence-corrected chi connectivity index (χ3v) is 1.62. The largest absolute Gasteiger partial charge is 0.446 e. The third kappa shape index (κ3) is 3.57. The van der Waals surface area contributed by atoms with Crippen LogP contribution in [0.1, 0.15) is 18.6 Å². The maximum absolute atomic E-state index is 9.08. The van der Waals surface area contributed by atoms with Gasteiger partial charge in [-0.25, -0.2) is 4.98 Å². The number of methoxy groups -OCH3 is 1. The Bertz CT molecular complexity index is 245. The van der Waals surface area contributed by atoms with Crippen LogP contribution in [0.4, 0.5) is 0 Å². The Hall–Kier alpha value is -0.870. The lowest BCUT2D eigenvalue weighted by molar-refractivity contribution is 0.182. The first-order chi connectivity index (χ1) is 6.22. The molecule has 4 heteroatoms. The zero-order valence-corrected chi connectivity index (χ0v) is 7.99. The molecule has 0 aliphatic heterocycles. The molecule has 0 radical (unpaired) electrons. The summed E-state index contributed by atoms with van der Waals surface area (Å²) in [5, 5.41) is 9.08. The smallest absolute Gasteiger partial charge is 0.196 e. The molecular formula is C9H15NO3. The molecule has 0 saturated carbocycles. The predicted molar refractivity (Wildman–Crippen MR) is 47.5 cm³/mol. The molecule has 1 heterocycles. The highest BCUT2D eigenvalue weighted by molar-refractivity contribution is 4.95. The highest BCUT2D eigenvalue weighted by atomic mass is 16.5. The molecule has 4 nitrogen and oxygen atoms in total. The van der Waals surface area contributed by atoms with E-state index < -0.39 is 0 Å². The van der Waals surface area contributed by atoms with Crippen molar-refractivity contribution in [2.24, 2.45) is 0 Å². The van der Waals surface area contributed by atoms with Gasteiger partial charge in [0.2, 0.25) is 0 Å². The lowest BCUT2D eigenvalue weighted by Gasteiger charge is -1.98. The van der Waals surface area contributed by atoms with Crippen molar-refractivity contribution >= 4 is 0 Å². The van der Waals surface area contributed by atoms with Crippen LogP contribution in [0.15, 0.2) is 10.6 Å². The zero-order chi connectivity index (χ0) is 9.68. The van der Waals surface area contributed by atoms with Gasteiger partial charge in [-0.05, 0) is 6.92 Å². The van der Waals surface area contributed by atoms with Crippen molar-refractivity contribution in [3.8, 4) is 0 Å². The van der Waals surface area contributed by atoms with Crippen molar-refractivity contribution in [3.63, 3.8) is 0 Å². The number of hydrogen-bond acceptors (Lipinski definition) is 4. The first-order valence-corrected chi connectivity index (χ1v) is 4.33. The Labute approximate surface area is 77.5 Å². The summed E-state index contributed by atoms with van der Waals surface area (Å²) in [6.07, 6.45) is 2.46. The molecule has 1 N–H and O–H groups in total. The maximum atomic E-state index is 9.08. The minimum absolute atomic E-state index is 0.386. The van der Waals surface area contributed by atoms with Crippen LogP contribution in [-0.2, 0) is 17.6 Å². The third-order valence-electron chi connectivity index (χ3n) is 1.62. The van der Waals surface area contributed by atoms with Crippen molar-refractivity contribution in [3.05, 3.63) is 17.8 Å². The fraction of sp³-hybridized carbons (Fsp3) is 0.667. The fourth-order valence-electron chi connectivity index (χ4n) is 1.04. The Kier molecular flexibility index (Phi) is 3.92. The Morgan fingerprint density at radius 2 is 2.46 bits per heavy atom. The van der Waals surface area contributed by atoms with Crippen LogP contribution in [0.2, 0.25) is 0 Å². The van der Waals surface area contributed by atoms with E-state index >= 15 is 0 Å². The number of aliphatic hydroxyl groups is 1. The van der Waals surface area contributed by atoms with Crippen LogP contribution < -0.4 is 0 Å². The van der Waals surface area contributed by atoms with Gasteiger partial charge >= 0.3 is 0 Å². The van der Waals surface area contributed by atoms with E-state index in [1.165, 1.54) is 0 Å². The van der Waals surface area contributed by atoms with Crippen LogP contribution in [-0.4, -0.2) is 29.9 Å². The van der Waals surface area contributed by atoms with Crippen molar-refractivity contribution in [2.45, 2.75) is 25.9 Å². The normalized spacial score (nSPS) is 13.2. The van der Waals surface area contributed by atoms with Gasteiger partial charge in [0.1, 0.15) is 5.76 Å². The van der Waals surface area contributed by atoms with Crippen molar-refractivity contribution in [1.82, 2.24) is 4.98 Å². The van der Waals surface area contributed by atoms with Crippen LogP contribution in [0, 0.1) is 0 Å². The summed E-state index contributed by atoms with van der Waals surface area (Å²) in [4.78, 5) is 4.05. The summed E-state index contributed by atoms with van der Waals surface area (Å²) in [6.45, 7) is 2.33. The number of ether oxygens (including phenoxy) is 1. The lowest BCUT2D eigenvalue weighted by atomic mass is 10.2. The molecule has 0 amide bonds. The standard InChI is InChI=1S/C9H15NO3/c1-7(11)5-8-6-10-9(13-8)3-4-12-2/h6-7,11H,3-5H2,1-2H3. The molecular weight excluding hydrogens is 170 g/mol. The Balaban J connectivity index is 2.44. The van der Waals surface area contributed by atoms with Crippen molar-refractivity contribution in [1.29, 1.82) is 0 Å². The summed E-state index contributed by atoms with van der Waals surface area (Å²) >= 11 is 0. The monoisotopic (exact) mass is 185 g/mol. The number of aliphatic hydroxyl groups excluding tert-OH is 1. The summed E-state index contributed by atoms with van der Waals surface area (Å²) in [7, 11) is 1.64. The molecule has 0 fully saturated rings. The number of rotatable bonds is 5. The second-order valence-electron chi connectivity index (χ2n) is 3.02. The minimum atomic E-state index is -0.386. The molecule has 0 spiro atoms. The molecule has 13 heavy (non-hydrogen) atoms. The van der Waals surface area contributed by atoms with Crippen LogP contribution in [0.25, 0.3) is 0 Å². The van der Waals surface area contributed by atoms with Crippen LogP contribution >= 0.6 is 0 Å². The van der Waals surface area contributed by atoms with Gasteiger partial charge in [-0.3, -0.25) is 0 Å². The first-order valence-electron chi connectivity index (χ1n) is 4.33. The van der Waals surface area contributed by atoms with Gasteiger partial charge < -0.3 is 14.3 Å². The number of nitrogens with zero attached hydrogens (tertiary/aromatic N) is 1. The number of oxazole rings is 1. The van der Waals surface area contributed by atoms with Crippen molar-refractivity contribution < 1.29 is 14.3 Å². The lowest BCUT2D eigenvalue weighted by Crippen LogP contribution is -2.02. The van der Waals surface area contributed by atoms with E-state index in [0.29, 0.717) is 25.3 Å². The molecule has 0 aliphatic rings. The first kappa shape index (κ1) is 10.2. The molecule has 1 rings (SSSR count). The molecule has 0 saturated heterocycles. The molecule has 1 aromatic heterocycles. The van der Waals surface area contributed by atoms with Crippen LogP contribution in [0.3, 0.4) is 0 Å². The van der Waals surface area contributed by atoms with Gasteiger partial charge in [0.25, 0.3) is 0 Å². The summed E-state index contributed by atoms with van der Waals surface area (Å²) in [5.41, 5.74) is 0. The second-order valence-corrected chi connectivity index (χ2v) is 3.02. The molecule has 1 aromatic rings. The Morgan fingerprint density at radius 1 is 1.69 bits per heavy atom. The molecule has 0 aliphatic carbocycles. The zero-order valence-electron chi connectivity index (χ0n) is 7.99. The number of hydrogen-bond donors (Lipinski definition) is 1. The van der Waals surface area contributed by atoms with Gasteiger partial charge in [-0.2, -0.15) is 0 Å². The SMILES string of the molecule is COCCc1ncc(CC(C)O)o1. The topological polar surface area (TPSA) is 55.5 Å². The van der Waals surface area contributed by atoms with Gasteiger partial charge in [0.05, 0.1) is 18.9 Å². The van der Waals surface area contributed by atoms with E-state index in [1.54, 1.807) is 20.2 Å². The van der Waals surface area contributed by atoms with E-state index in [0.717, 1.165) is 5.76 Å². The van der Waals surface area contributed by atoms with Crippen LogP contribution in [0.5, 0.6) is 0 Å². The minimum Gasteiger partial charge on any atom is -0.446 e. The molecule has 0 aromatic carbocycles. The van der Waals surface area contributed by atoms with E-state index in [4.69, 9.17) is 14.3 Å². The van der Waals surface area contributed by atoms with E-state index in [-0.39, 0.29) is 6.10 Å². The van der Waals surface area contributed by atoms with E-state index in [2.05, 4.69) is 4.98 Å². The average molecular weight is 185 g/mol. The van der Waals surface area contributed by atoms with E-state index in [9.17, 15) is 0 Å². The number of aromatic nitrogens is 1. The molecule has 74 valence electrons. The van der Waals surface area contributed by atoms with E-state index in [1.807, 2.05) is 0 Å². The highest BCUT2D eigenvalue weighted by Crippen LogP contribution is 2.06. The van der Waals surface area contributed by atoms with Gasteiger partial charge in [-0.1, -0.05) is 0 Å². The maximum Gasteiger partial charge on any atom is 0.196 e. The Morgan fingerprint density at radius 3 is 3.08 bits per heavy atom. The predicted octanol–water partition coefficient (Wildman–Crippen LogP) is 0.787.